The number of rotatable bonds is 9. The molecule has 7 heteroatoms. The van der Waals surface area contributed by atoms with Gasteiger partial charge in [-0.2, -0.15) is 5.10 Å². The van der Waals surface area contributed by atoms with Crippen molar-refractivity contribution in [3.63, 3.8) is 0 Å². The largest absolute Gasteiger partial charge is 0.481 e. The molecule has 2 aromatic rings. The van der Waals surface area contributed by atoms with Crippen LogP contribution in [0.1, 0.15) is 86.8 Å². The number of amides is 2. The van der Waals surface area contributed by atoms with Crippen LogP contribution in [0.5, 0.6) is 0 Å². The molecule has 39 heavy (non-hydrogen) atoms. The summed E-state index contributed by atoms with van der Waals surface area (Å²) in [4.78, 5) is 37.3. The van der Waals surface area contributed by atoms with Crippen LogP contribution in [0.3, 0.4) is 0 Å². The highest BCUT2D eigenvalue weighted by atomic mass is 16.4. The SMILES string of the molecule is O=C(O)C1CCC(CNC(=O)C(c2ccc(CN3N=C(c4ccccc4)CCC3=O)cc2)C2CCCC2)CC1. The molecule has 0 saturated heterocycles. The first-order valence-electron chi connectivity index (χ1n) is 14.5. The average molecular weight is 530 g/mol. The molecule has 0 bridgehead atoms. The number of carbonyl (C=O) groups excluding carboxylic acids is 2. The van der Waals surface area contributed by atoms with E-state index in [2.05, 4.69) is 10.4 Å². The van der Waals surface area contributed by atoms with Gasteiger partial charge in [0.25, 0.3) is 0 Å². The summed E-state index contributed by atoms with van der Waals surface area (Å²) < 4.78 is 0. The normalized spacial score (nSPS) is 22.8. The van der Waals surface area contributed by atoms with Crippen LogP contribution in [0.2, 0.25) is 0 Å². The maximum atomic E-state index is 13.5. The first kappa shape index (κ1) is 27.1. The Balaban J connectivity index is 1.23. The molecule has 1 aliphatic heterocycles. The number of benzene rings is 2. The van der Waals surface area contributed by atoms with Crippen LogP contribution in [0.25, 0.3) is 0 Å². The number of carboxylic acid groups (broad SMARTS) is 1. The Hall–Kier alpha value is -3.48. The highest BCUT2D eigenvalue weighted by Gasteiger charge is 2.33. The van der Waals surface area contributed by atoms with E-state index < -0.39 is 5.97 Å². The molecule has 0 spiro atoms. The monoisotopic (exact) mass is 529 g/mol. The molecule has 0 aromatic heterocycles. The van der Waals surface area contributed by atoms with Gasteiger partial charge in [0, 0.05) is 19.4 Å². The lowest BCUT2D eigenvalue weighted by Gasteiger charge is -2.28. The van der Waals surface area contributed by atoms with Crippen molar-refractivity contribution in [1.29, 1.82) is 0 Å². The smallest absolute Gasteiger partial charge is 0.306 e. The van der Waals surface area contributed by atoms with Gasteiger partial charge in [-0.15, -0.1) is 0 Å². The topological polar surface area (TPSA) is 99.1 Å². The molecule has 0 radical (unpaired) electrons. The molecule has 1 atom stereocenters. The lowest BCUT2D eigenvalue weighted by atomic mass is 9.81. The number of hydrogen-bond acceptors (Lipinski definition) is 4. The number of carboxylic acids is 1. The van der Waals surface area contributed by atoms with E-state index in [4.69, 9.17) is 0 Å². The molecule has 2 amide bonds. The molecule has 1 heterocycles. The first-order chi connectivity index (χ1) is 19.0. The maximum Gasteiger partial charge on any atom is 0.306 e. The predicted molar refractivity (Wildman–Crippen MR) is 150 cm³/mol. The van der Waals surface area contributed by atoms with Crippen LogP contribution in [-0.4, -0.2) is 40.2 Å². The number of carbonyl (C=O) groups is 3. The third-order valence-electron chi connectivity index (χ3n) is 8.80. The van der Waals surface area contributed by atoms with Gasteiger partial charge in [0.15, 0.2) is 0 Å². The van der Waals surface area contributed by atoms with E-state index in [-0.39, 0.29) is 23.7 Å². The van der Waals surface area contributed by atoms with E-state index in [1.165, 1.54) is 0 Å². The zero-order chi connectivity index (χ0) is 27.2. The number of nitrogens with zero attached hydrogens (tertiary/aromatic N) is 2. The van der Waals surface area contributed by atoms with Crippen LogP contribution in [0.4, 0.5) is 0 Å². The average Bonchev–Trinajstić information content (AvgIpc) is 3.49. The van der Waals surface area contributed by atoms with Crippen molar-refractivity contribution < 1.29 is 19.5 Å². The van der Waals surface area contributed by atoms with Crippen LogP contribution in [0.15, 0.2) is 59.7 Å². The van der Waals surface area contributed by atoms with Crippen molar-refractivity contribution >= 4 is 23.5 Å². The summed E-state index contributed by atoms with van der Waals surface area (Å²) in [5, 5.41) is 18.7. The van der Waals surface area contributed by atoms with Gasteiger partial charge in [-0.1, -0.05) is 67.4 Å². The standard InChI is InChI=1S/C32H39N3O4/c36-29-19-18-28(24-6-2-1-3-7-24)34-35(29)21-23-12-14-26(15-13-23)30(25-8-4-5-9-25)31(37)33-20-22-10-16-27(17-11-22)32(38)39/h1-3,6-7,12-15,22,25,27,30H,4-5,8-11,16-21H2,(H,33,37)(H,38,39). The summed E-state index contributed by atoms with van der Waals surface area (Å²) in [5.74, 6) is -0.332. The Morgan fingerprint density at radius 1 is 0.923 bits per heavy atom. The molecule has 2 aromatic carbocycles. The molecule has 7 nitrogen and oxygen atoms in total. The second-order valence-electron chi connectivity index (χ2n) is 11.4. The minimum absolute atomic E-state index is 0.0272. The van der Waals surface area contributed by atoms with Gasteiger partial charge < -0.3 is 10.4 Å². The molecule has 2 fully saturated rings. The molecule has 2 N–H and O–H groups in total. The molecule has 3 aliphatic rings. The fourth-order valence-corrected chi connectivity index (χ4v) is 6.46. The summed E-state index contributed by atoms with van der Waals surface area (Å²) >= 11 is 0. The minimum atomic E-state index is -0.699. The molecular formula is C32H39N3O4. The van der Waals surface area contributed by atoms with Crippen LogP contribution in [0, 0.1) is 17.8 Å². The van der Waals surface area contributed by atoms with Gasteiger partial charge in [0.05, 0.1) is 24.1 Å². The molecule has 206 valence electrons. The van der Waals surface area contributed by atoms with Crippen molar-refractivity contribution in [2.24, 2.45) is 22.9 Å². The number of hydrazone groups is 1. The third-order valence-corrected chi connectivity index (χ3v) is 8.80. The molecule has 5 rings (SSSR count). The summed E-state index contributed by atoms with van der Waals surface area (Å²) in [5.41, 5.74) is 3.99. The van der Waals surface area contributed by atoms with Crippen LogP contribution >= 0.6 is 0 Å². The van der Waals surface area contributed by atoms with Crippen molar-refractivity contribution in [2.45, 2.75) is 76.7 Å². The van der Waals surface area contributed by atoms with Crippen molar-refractivity contribution in [3.8, 4) is 0 Å². The van der Waals surface area contributed by atoms with E-state index in [0.29, 0.717) is 50.6 Å². The third kappa shape index (κ3) is 6.75. The van der Waals surface area contributed by atoms with E-state index >= 15 is 0 Å². The fraction of sp³-hybridized carbons (Fsp3) is 0.500. The summed E-state index contributed by atoms with van der Waals surface area (Å²) in [7, 11) is 0. The van der Waals surface area contributed by atoms with Gasteiger partial charge in [-0.05, 0) is 67.1 Å². The Bertz CT molecular complexity index is 1180. The lowest BCUT2D eigenvalue weighted by molar-refractivity contribution is -0.143. The predicted octanol–water partition coefficient (Wildman–Crippen LogP) is 5.49. The highest BCUT2D eigenvalue weighted by Crippen LogP contribution is 2.38. The minimum Gasteiger partial charge on any atom is -0.481 e. The zero-order valence-electron chi connectivity index (χ0n) is 22.6. The Morgan fingerprint density at radius 3 is 2.28 bits per heavy atom. The number of nitrogens with one attached hydrogen (secondary N) is 1. The quantitative estimate of drug-likeness (QED) is 0.448. The highest BCUT2D eigenvalue weighted by molar-refractivity contribution is 6.04. The van der Waals surface area contributed by atoms with Crippen molar-refractivity contribution in [1.82, 2.24) is 10.3 Å². The first-order valence-corrected chi connectivity index (χ1v) is 14.5. The second-order valence-corrected chi connectivity index (χ2v) is 11.4. The Morgan fingerprint density at radius 2 is 1.62 bits per heavy atom. The number of hydrogen-bond donors (Lipinski definition) is 2. The van der Waals surface area contributed by atoms with Crippen molar-refractivity contribution in [3.05, 3.63) is 71.3 Å². The van der Waals surface area contributed by atoms with Gasteiger partial charge in [0.2, 0.25) is 11.8 Å². The second kappa shape index (κ2) is 12.6. The summed E-state index contributed by atoms with van der Waals surface area (Å²) in [6.45, 7) is 1.03. The van der Waals surface area contributed by atoms with Gasteiger partial charge in [-0.25, -0.2) is 5.01 Å². The van der Waals surface area contributed by atoms with Crippen LogP contribution < -0.4 is 5.32 Å². The zero-order valence-corrected chi connectivity index (χ0v) is 22.6. The summed E-state index contributed by atoms with van der Waals surface area (Å²) in [6, 6.07) is 18.1. The van der Waals surface area contributed by atoms with Crippen molar-refractivity contribution in [2.75, 3.05) is 6.54 Å². The van der Waals surface area contributed by atoms with Gasteiger partial charge in [0.1, 0.15) is 0 Å². The molecular weight excluding hydrogens is 490 g/mol. The Kier molecular flexibility index (Phi) is 8.74. The Labute approximate surface area is 230 Å². The summed E-state index contributed by atoms with van der Waals surface area (Å²) in [6.07, 6.45) is 8.62. The molecule has 1 unspecified atom stereocenters. The molecule has 2 aliphatic carbocycles. The maximum absolute atomic E-state index is 13.5. The fourth-order valence-electron chi connectivity index (χ4n) is 6.46. The van der Waals surface area contributed by atoms with E-state index in [1.54, 1.807) is 5.01 Å². The van der Waals surface area contributed by atoms with E-state index in [0.717, 1.165) is 60.9 Å². The van der Waals surface area contributed by atoms with Crippen LogP contribution in [-0.2, 0) is 20.9 Å². The lowest BCUT2D eigenvalue weighted by Crippen LogP contribution is -2.37. The van der Waals surface area contributed by atoms with E-state index in [1.807, 2.05) is 54.6 Å². The van der Waals surface area contributed by atoms with Gasteiger partial charge in [-0.3, -0.25) is 14.4 Å². The van der Waals surface area contributed by atoms with E-state index in [9.17, 15) is 19.5 Å². The molecule has 2 saturated carbocycles. The van der Waals surface area contributed by atoms with Gasteiger partial charge >= 0.3 is 5.97 Å². The number of aliphatic carboxylic acids is 1.